The molecule has 1 saturated heterocycles. The molecule has 5 heteroatoms. The topological polar surface area (TPSA) is 49.4 Å². The van der Waals surface area contributed by atoms with Crippen molar-refractivity contribution in [1.29, 1.82) is 0 Å². The third kappa shape index (κ3) is 4.30. The first-order valence-corrected chi connectivity index (χ1v) is 8.95. The number of hydrogen-bond donors (Lipinski definition) is 1. The zero-order chi connectivity index (χ0) is 14.4. The highest BCUT2D eigenvalue weighted by Gasteiger charge is 2.28. The van der Waals surface area contributed by atoms with Gasteiger partial charge in [-0.2, -0.15) is 0 Å². The van der Waals surface area contributed by atoms with Gasteiger partial charge in [-0.15, -0.1) is 0 Å². The van der Waals surface area contributed by atoms with Crippen LogP contribution in [0.5, 0.6) is 0 Å². The number of benzene rings is 1. The summed E-state index contributed by atoms with van der Waals surface area (Å²) in [6.45, 7) is 5.24. The maximum absolute atomic E-state index is 12.5. The summed E-state index contributed by atoms with van der Waals surface area (Å²) in [5.41, 5.74) is 0.862. The first-order chi connectivity index (χ1) is 9.62. The quantitative estimate of drug-likeness (QED) is 0.871. The Hall–Kier alpha value is -0.910. The molecule has 0 bridgehead atoms. The van der Waals surface area contributed by atoms with Crippen molar-refractivity contribution in [1.82, 2.24) is 9.62 Å². The molecule has 20 heavy (non-hydrogen) atoms. The lowest BCUT2D eigenvalue weighted by Crippen LogP contribution is -2.43. The summed E-state index contributed by atoms with van der Waals surface area (Å²) in [5.74, 6) is 0.552. The lowest BCUT2D eigenvalue weighted by Gasteiger charge is -2.32. The van der Waals surface area contributed by atoms with Crippen molar-refractivity contribution >= 4 is 10.0 Å². The normalized spacial score (nSPS) is 20.9. The third-order valence-electron chi connectivity index (χ3n) is 3.75. The van der Waals surface area contributed by atoms with Crippen LogP contribution in [0.25, 0.3) is 0 Å². The molecule has 0 radical (unpaired) electrons. The fourth-order valence-electron chi connectivity index (χ4n) is 2.67. The second-order valence-corrected chi connectivity index (χ2v) is 7.38. The molecule has 1 aromatic rings. The Morgan fingerprint density at radius 1 is 1.30 bits per heavy atom. The van der Waals surface area contributed by atoms with E-state index >= 15 is 0 Å². The Morgan fingerprint density at radius 3 is 2.75 bits per heavy atom. The standard InChI is InChI=1S/C15H24N2O2S/c1-2-16-11-15-9-6-10-17(12-15)20(18,19)13-14-7-4-3-5-8-14/h3-5,7-8,15-16H,2,6,9-13H2,1H3. The molecule has 1 aliphatic rings. The second kappa shape index (κ2) is 7.20. The molecule has 1 aliphatic heterocycles. The Kier molecular flexibility index (Phi) is 5.57. The van der Waals surface area contributed by atoms with Crippen molar-refractivity contribution in [2.45, 2.75) is 25.5 Å². The summed E-state index contributed by atoms with van der Waals surface area (Å²) >= 11 is 0. The summed E-state index contributed by atoms with van der Waals surface area (Å²) < 4.78 is 26.6. The van der Waals surface area contributed by atoms with Crippen molar-refractivity contribution in [2.24, 2.45) is 5.92 Å². The smallest absolute Gasteiger partial charge is 0.218 e. The van der Waals surface area contributed by atoms with Crippen molar-refractivity contribution in [2.75, 3.05) is 26.2 Å². The molecular weight excluding hydrogens is 272 g/mol. The maximum Gasteiger partial charge on any atom is 0.218 e. The zero-order valence-electron chi connectivity index (χ0n) is 12.1. The van der Waals surface area contributed by atoms with Crippen molar-refractivity contribution in [3.63, 3.8) is 0 Å². The van der Waals surface area contributed by atoms with E-state index in [4.69, 9.17) is 0 Å². The largest absolute Gasteiger partial charge is 0.317 e. The molecule has 0 amide bonds. The molecule has 0 aliphatic carbocycles. The average molecular weight is 296 g/mol. The predicted molar refractivity (Wildman–Crippen MR) is 81.9 cm³/mol. The fourth-order valence-corrected chi connectivity index (χ4v) is 4.31. The van der Waals surface area contributed by atoms with E-state index in [2.05, 4.69) is 12.2 Å². The molecule has 1 unspecified atom stereocenters. The SMILES string of the molecule is CCNCC1CCCN(S(=O)(=O)Cc2ccccc2)C1. The maximum atomic E-state index is 12.5. The van der Waals surface area contributed by atoms with E-state index in [1.807, 2.05) is 30.3 Å². The van der Waals surface area contributed by atoms with E-state index in [0.717, 1.165) is 31.5 Å². The minimum Gasteiger partial charge on any atom is -0.317 e. The lowest BCUT2D eigenvalue weighted by molar-refractivity contribution is 0.261. The summed E-state index contributed by atoms with van der Waals surface area (Å²) in [5, 5.41) is 3.32. The summed E-state index contributed by atoms with van der Waals surface area (Å²) in [7, 11) is -3.19. The number of piperidine rings is 1. The van der Waals surface area contributed by atoms with Gasteiger partial charge in [0.1, 0.15) is 0 Å². The minimum atomic E-state index is -3.19. The highest BCUT2D eigenvalue weighted by Crippen LogP contribution is 2.21. The molecule has 1 atom stereocenters. The first-order valence-electron chi connectivity index (χ1n) is 7.34. The van der Waals surface area contributed by atoms with Crippen LogP contribution in [0.15, 0.2) is 30.3 Å². The second-order valence-electron chi connectivity index (χ2n) is 5.42. The molecule has 2 rings (SSSR count). The highest BCUT2D eigenvalue weighted by atomic mass is 32.2. The Morgan fingerprint density at radius 2 is 2.05 bits per heavy atom. The van der Waals surface area contributed by atoms with Crippen LogP contribution in [0.1, 0.15) is 25.3 Å². The monoisotopic (exact) mass is 296 g/mol. The van der Waals surface area contributed by atoms with Crippen LogP contribution < -0.4 is 5.32 Å². The summed E-state index contributed by atoms with van der Waals surface area (Å²) in [6.07, 6.45) is 2.08. The van der Waals surface area contributed by atoms with Crippen LogP contribution in [0.2, 0.25) is 0 Å². The molecule has 1 heterocycles. The van der Waals surface area contributed by atoms with Gasteiger partial charge in [0.2, 0.25) is 10.0 Å². The molecule has 1 fully saturated rings. The van der Waals surface area contributed by atoms with Crippen LogP contribution in [0.4, 0.5) is 0 Å². The molecular formula is C15H24N2O2S. The number of nitrogens with zero attached hydrogens (tertiary/aromatic N) is 1. The molecule has 0 spiro atoms. The van der Waals surface area contributed by atoms with E-state index in [0.29, 0.717) is 19.0 Å². The molecule has 4 nitrogen and oxygen atoms in total. The number of rotatable bonds is 6. The van der Waals surface area contributed by atoms with Gasteiger partial charge in [-0.1, -0.05) is 37.3 Å². The Labute approximate surface area is 122 Å². The lowest BCUT2D eigenvalue weighted by atomic mass is 10.00. The van der Waals surface area contributed by atoms with Crippen LogP contribution in [0.3, 0.4) is 0 Å². The van der Waals surface area contributed by atoms with Gasteiger partial charge in [0.25, 0.3) is 0 Å². The van der Waals surface area contributed by atoms with E-state index in [1.54, 1.807) is 4.31 Å². The van der Waals surface area contributed by atoms with Gasteiger partial charge in [-0.25, -0.2) is 12.7 Å². The van der Waals surface area contributed by atoms with E-state index in [-0.39, 0.29) is 5.75 Å². The van der Waals surface area contributed by atoms with Crippen molar-refractivity contribution < 1.29 is 8.42 Å². The van der Waals surface area contributed by atoms with Gasteiger partial charge in [0.15, 0.2) is 0 Å². The summed E-state index contributed by atoms with van der Waals surface area (Å²) in [6, 6.07) is 9.42. The zero-order valence-corrected chi connectivity index (χ0v) is 12.9. The number of nitrogens with one attached hydrogen (secondary N) is 1. The molecule has 112 valence electrons. The van der Waals surface area contributed by atoms with E-state index < -0.39 is 10.0 Å². The average Bonchev–Trinajstić information content (AvgIpc) is 2.46. The van der Waals surface area contributed by atoms with Crippen LogP contribution in [0, 0.1) is 5.92 Å². The Bertz CT molecular complexity index is 502. The Balaban J connectivity index is 1.98. The molecule has 0 aromatic heterocycles. The van der Waals surface area contributed by atoms with Gasteiger partial charge in [-0.3, -0.25) is 0 Å². The molecule has 0 saturated carbocycles. The fraction of sp³-hybridized carbons (Fsp3) is 0.600. The van der Waals surface area contributed by atoms with Crippen LogP contribution in [-0.2, 0) is 15.8 Å². The van der Waals surface area contributed by atoms with E-state index in [9.17, 15) is 8.42 Å². The highest BCUT2D eigenvalue weighted by molar-refractivity contribution is 7.88. The molecule has 1 N–H and O–H groups in total. The number of hydrogen-bond acceptors (Lipinski definition) is 3. The first kappa shape index (κ1) is 15.5. The summed E-state index contributed by atoms with van der Waals surface area (Å²) in [4.78, 5) is 0. The predicted octanol–water partition coefficient (Wildman–Crippen LogP) is 1.84. The van der Waals surface area contributed by atoms with Crippen LogP contribution in [-0.4, -0.2) is 38.9 Å². The third-order valence-corrected chi connectivity index (χ3v) is 5.57. The van der Waals surface area contributed by atoms with Gasteiger partial charge in [0.05, 0.1) is 5.75 Å². The molecule has 1 aromatic carbocycles. The van der Waals surface area contributed by atoms with Crippen molar-refractivity contribution in [3.05, 3.63) is 35.9 Å². The number of sulfonamides is 1. The van der Waals surface area contributed by atoms with Crippen LogP contribution >= 0.6 is 0 Å². The minimum absolute atomic E-state index is 0.113. The van der Waals surface area contributed by atoms with Gasteiger partial charge < -0.3 is 5.32 Å². The van der Waals surface area contributed by atoms with Gasteiger partial charge in [0, 0.05) is 13.1 Å². The van der Waals surface area contributed by atoms with Crippen molar-refractivity contribution in [3.8, 4) is 0 Å². The van der Waals surface area contributed by atoms with Gasteiger partial charge >= 0.3 is 0 Å². The van der Waals surface area contributed by atoms with E-state index in [1.165, 1.54) is 0 Å². The van der Waals surface area contributed by atoms with Gasteiger partial charge in [-0.05, 0) is 37.4 Å².